The van der Waals surface area contributed by atoms with E-state index in [1.165, 1.54) is 0 Å². The van der Waals surface area contributed by atoms with Gasteiger partial charge in [0.1, 0.15) is 5.75 Å². The monoisotopic (exact) mass is 249 g/mol. The van der Waals surface area contributed by atoms with Gasteiger partial charge in [0.15, 0.2) is 0 Å². The summed E-state index contributed by atoms with van der Waals surface area (Å²) in [6, 6.07) is 5.79. The fourth-order valence-corrected chi connectivity index (χ4v) is 2.15. The molecule has 1 fully saturated rings. The number of methoxy groups -OCH3 is 1. The molecular weight excluding hydrogens is 230 g/mol. The van der Waals surface area contributed by atoms with E-state index < -0.39 is 0 Å². The van der Waals surface area contributed by atoms with Crippen molar-refractivity contribution in [3.05, 3.63) is 23.8 Å². The summed E-state index contributed by atoms with van der Waals surface area (Å²) in [5.74, 6) is 0.838. The summed E-state index contributed by atoms with van der Waals surface area (Å²) in [7, 11) is 1.64. The van der Waals surface area contributed by atoms with Crippen molar-refractivity contribution in [3.63, 3.8) is 0 Å². The molecule has 1 saturated heterocycles. The molecule has 5 heteroatoms. The molecule has 0 radical (unpaired) electrons. The van der Waals surface area contributed by atoms with Crippen LogP contribution in [0.3, 0.4) is 0 Å². The first kappa shape index (κ1) is 12.7. The number of hydrogen-bond donors (Lipinski definition) is 2. The summed E-state index contributed by atoms with van der Waals surface area (Å²) >= 11 is 0. The largest absolute Gasteiger partial charge is 0.497 e. The molecule has 98 valence electrons. The minimum absolute atomic E-state index is 0.0540. The molecule has 5 nitrogen and oxygen atoms in total. The summed E-state index contributed by atoms with van der Waals surface area (Å²) in [5.41, 5.74) is 7.78. The topological polar surface area (TPSA) is 67.6 Å². The van der Waals surface area contributed by atoms with E-state index in [9.17, 15) is 4.79 Å². The van der Waals surface area contributed by atoms with Crippen molar-refractivity contribution in [2.45, 2.75) is 13.0 Å². The zero-order valence-corrected chi connectivity index (χ0v) is 10.6. The highest BCUT2D eigenvalue weighted by atomic mass is 16.5. The van der Waals surface area contributed by atoms with Gasteiger partial charge in [-0.25, -0.2) is 0 Å². The molecule has 18 heavy (non-hydrogen) atoms. The highest BCUT2D eigenvalue weighted by Gasteiger charge is 2.17. The van der Waals surface area contributed by atoms with Crippen LogP contribution in [0, 0.1) is 0 Å². The molecule has 0 aliphatic carbocycles. The van der Waals surface area contributed by atoms with Gasteiger partial charge < -0.3 is 20.7 Å². The third kappa shape index (κ3) is 2.73. The lowest BCUT2D eigenvalue weighted by atomic mass is 10.1. The molecule has 1 aromatic carbocycles. The van der Waals surface area contributed by atoms with Crippen LogP contribution >= 0.6 is 0 Å². The van der Waals surface area contributed by atoms with E-state index >= 15 is 0 Å². The average Bonchev–Trinajstić information content (AvgIpc) is 2.62. The maximum atomic E-state index is 11.6. The molecular formula is C13H19N3O2. The minimum Gasteiger partial charge on any atom is -0.497 e. The Balaban J connectivity index is 2.31. The van der Waals surface area contributed by atoms with Crippen LogP contribution in [0.4, 0.5) is 5.69 Å². The van der Waals surface area contributed by atoms with E-state index in [1.807, 2.05) is 18.2 Å². The number of nitrogens with zero attached hydrogens (tertiary/aromatic N) is 1. The van der Waals surface area contributed by atoms with Crippen molar-refractivity contribution in [1.29, 1.82) is 0 Å². The summed E-state index contributed by atoms with van der Waals surface area (Å²) in [4.78, 5) is 13.7. The Kier molecular flexibility index (Phi) is 4.04. The van der Waals surface area contributed by atoms with Crippen LogP contribution < -0.4 is 20.7 Å². The van der Waals surface area contributed by atoms with Crippen LogP contribution in [-0.4, -0.2) is 32.7 Å². The number of ether oxygens (including phenoxy) is 1. The molecule has 0 bridgehead atoms. The molecule has 1 aliphatic heterocycles. The van der Waals surface area contributed by atoms with Crippen molar-refractivity contribution < 1.29 is 9.53 Å². The summed E-state index contributed by atoms with van der Waals surface area (Å²) < 4.78 is 5.24. The van der Waals surface area contributed by atoms with Crippen LogP contribution in [0.25, 0.3) is 0 Å². The first-order valence-electron chi connectivity index (χ1n) is 6.13. The Labute approximate surface area is 107 Å². The molecule has 1 aromatic rings. The van der Waals surface area contributed by atoms with Gasteiger partial charge >= 0.3 is 0 Å². The third-order valence-electron chi connectivity index (χ3n) is 3.11. The fourth-order valence-electron chi connectivity index (χ4n) is 2.15. The highest BCUT2D eigenvalue weighted by Crippen LogP contribution is 2.26. The van der Waals surface area contributed by atoms with Crippen molar-refractivity contribution >= 4 is 11.6 Å². The second-order valence-electron chi connectivity index (χ2n) is 4.32. The van der Waals surface area contributed by atoms with Crippen LogP contribution in [0.2, 0.25) is 0 Å². The van der Waals surface area contributed by atoms with Gasteiger partial charge in [-0.05, 0) is 18.1 Å². The lowest BCUT2D eigenvalue weighted by Gasteiger charge is -2.24. The highest BCUT2D eigenvalue weighted by molar-refractivity contribution is 5.82. The molecule has 1 amide bonds. The van der Waals surface area contributed by atoms with Gasteiger partial charge in [-0.15, -0.1) is 0 Å². The number of benzene rings is 1. The summed E-state index contributed by atoms with van der Waals surface area (Å²) in [6.07, 6.45) is 0.937. The Bertz CT molecular complexity index is 434. The SMILES string of the molecule is COc1ccc(CN)c(N2CCCNC(=O)C2)c1. The minimum atomic E-state index is 0.0540. The van der Waals surface area contributed by atoms with Gasteiger partial charge in [0.2, 0.25) is 5.91 Å². The first-order valence-corrected chi connectivity index (χ1v) is 6.13. The number of hydrogen-bond acceptors (Lipinski definition) is 4. The lowest BCUT2D eigenvalue weighted by molar-refractivity contribution is -0.119. The Morgan fingerprint density at radius 1 is 1.50 bits per heavy atom. The molecule has 0 unspecified atom stereocenters. The second kappa shape index (κ2) is 5.73. The number of rotatable bonds is 3. The second-order valence-corrected chi connectivity index (χ2v) is 4.32. The maximum absolute atomic E-state index is 11.6. The number of carbonyl (C=O) groups is 1. The van der Waals surface area contributed by atoms with Gasteiger partial charge in [0, 0.05) is 31.4 Å². The van der Waals surface area contributed by atoms with E-state index in [-0.39, 0.29) is 5.91 Å². The van der Waals surface area contributed by atoms with Gasteiger partial charge in [0.25, 0.3) is 0 Å². The Morgan fingerprint density at radius 3 is 3.06 bits per heavy atom. The standard InChI is InChI=1S/C13H19N3O2/c1-18-11-4-3-10(8-14)12(7-11)16-6-2-5-15-13(17)9-16/h3-4,7H,2,5-6,8-9,14H2,1H3,(H,15,17). The van der Waals surface area contributed by atoms with Gasteiger partial charge in [-0.1, -0.05) is 6.07 Å². The smallest absolute Gasteiger partial charge is 0.239 e. The Morgan fingerprint density at radius 2 is 2.33 bits per heavy atom. The number of amides is 1. The zero-order chi connectivity index (χ0) is 13.0. The van der Waals surface area contributed by atoms with Crippen molar-refractivity contribution in [2.24, 2.45) is 5.73 Å². The van der Waals surface area contributed by atoms with E-state index in [0.29, 0.717) is 13.1 Å². The molecule has 0 saturated carbocycles. The fraction of sp³-hybridized carbons (Fsp3) is 0.462. The van der Waals surface area contributed by atoms with E-state index in [1.54, 1.807) is 7.11 Å². The number of anilines is 1. The van der Waals surface area contributed by atoms with Crippen LogP contribution in [-0.2, 0) is 11.3 Å². The van der Waals surface area contributed by atoms with Crippen molar-refractivity contribution in [3.8, 4) is 5.75 Å². The van der Waals surface area contributed by atoms with E-state index in [2.05, 4.69) is 10.2 Å². The predicted molar refractivity (Wildman–Crippen MR) is 70.7 cm³/mol. The van der Waals surface area contributed by atoms with Gasteiger partial charge in [0.05, 0.1) is 13.7 Å². The normalized spacial score (nSPS) is 16.1. The third-order valence-corrected chi connectivity index (χ3v) is 3.11. The molecule has 2 rings (SSSR count). The molecule has 0 spiro atoms. The molecule has 0 aromatic heterocycles. The summed E-state index contributed by atoms with van der Waals surface area (Å²) in [5, 5.41) is 2.87. The van der Waals surface area contributed by atoms with E-state index in [0.717, 1.165) is 36.5 Å². The lowest BCUT2D eigenvalue weighted by Crippen LogP contribution is -2.33. The number of carbonyl (C=O) groups excluding carboxylic acids is 1. The first-order chi connectivity index (χ1) is 8.74. The molecule has 1 aliphatic rings. The quantitative estimate of drug-likeness (QED) is 0.817. The molecule has 3 N–H and O–H groups in total. The van der Waals surface area contributed by atoms with Crippen molar-refractivity contribution in [2.75, 3.05) is 31.6 Å². The molecule has 1 heterocycles. The number of nitrogens with two attached hydrogens (primary N) is 1. The van der Waals surface area contributed by atoms with Crippen molar-refractivity contribution in [1.82, 2.24) is 5.32 Å². The summed E-state index contributed by atoms with van der Waals surface area (Å²) in [6.45, 7) is 2.41. The van der Waals surface area contributed by atoms with Gasteiger partial charge in [-0.3, -0.25) is 4.79 Å². The Hall–Kier alpha value is -1.75. The van der Waals surface area contributed by atoms with E-state index in [4.69, 9.17) is 10.5 Å². The zero-order valence-electron chi connectivity index (χ0n) is 10.6. The van der Waals surface area contributed by atoms with Crippen LogP contribution in [0.5, 0.6) is 5.75 Å². The predicted octanol–water partition coefficient (Wildman–Crippen LogP) is 0.480. The number of nitrogens with one attached hydrogen (secondary N) is 1. The molecule has 0 atom stereocenters. The average molecular weight is 249 g/mol. The van der Waals surface area contributed by atoms with Crippen LogP contribution in [0.15, 0.2) is 18.2 Å². The maximum Gasteiger partial charge on any atom is 0.239 e. The van der Waals surface area contributed by atoms with Gasteiger partial charge in [-0.2, -0.15) is 0 Å². The van der Waals surface area contributed by atoms with Crippen LogP contribution in [0.1, 0.15) is 12.0 Å².